The van der Waals surface area contributed by atoms with E-state index in [4.69, 9.17) is 10.9 Å². The summed E-state index contributed by atoms with van der Waals surface area (Å²) in [6.07, 6.45) is 0. The Morgan fingerprint density at radius 3 is 2.67 bits per heavy atom. The van der Waals surface area contributed by atoms with Crippen LogP contribution in [-0.2, 0) is 4.79 Å². The molecule has 0 heterocycles. The predicted molar refractivity (Wildman–Crippen MR) is 48.0 cm³/mol. The third-order valence-electron chi connectivity index (χ3n) is 0.975. The van der Waals surface area contributed by atoms with Crippen LogP contribution in [-0.4, -0.2) is 35.8 Å². The zero-order valence-corrected chi connectivity index (χ0v) is 7.28. The monoisotopic (exact) mass is 192 g/mol. The number of thiocarbonyl (C=S) groups is 1. The van der Waals surface area contributed by atoms with Crippen LogP contribution in [0, 0.1) is 0 Å². The minimum atomic E-state index is -0.248. The maximum absolute atomic E-state index is 10.8. The quantitative estimate of drug-likeness (QED) is 0.191. The largest absolute Gasteiger partial charge is 0.395 e. The van der Waals surface area contributed by atoms with Crippen molar-refractivity contribution in [3.05, 3.63) is 0 Å². The molecule has 0 atom stereocenters. The van der Waals surface area contributed by atoms with Crippen LogP contribution in [0.15, 0.2) is 0 Å². The van der Waals surface area contributed by atoms with Gasteiger partial charge in [0.1, 0.15) is 0 Å². The highest BCUT2D eigenvalue weighted by Crippen LogP contribution is 1.65. The first-order valence-electron chi connectivity index (χ1n) is 3.32. The maximum atomic E-state index is 10.8. The lowest BCUT2D eigenvalue weighted by atomic mass is 10.5. The molecule has 1 amide bonds. The standard InChI is InChI=1S/C5H12N4O2S/c6-9-5(12)8-3-4(11)7-1-2-10/h10H,1-3,6H2,(H,7,11)(H2,8,9,12). The van der Waals surface area contributed by atoms with Gasteiger partial charge in [-0.3, -0.25) is 4.79 Å². The topological polar surface area (TPSA) is 99.4 Å². The van der Waals surface area contributed by atoms with Gasteiger partial charge in [-0.1, -0.05) is 0 Å². The van der Waals surface area contributed by atoms with E-state index in [9.17, 15) is 4.79 Å². The van der Waals surface area contributed by atoms with E-state index in [-0.39, 0.29) is 30.7 Å². The molecule has 0 fully saturated rings. The average molecular weight is 192 g/mol. The Morgan fingerprint density at radius 1 is 1.50 bits per heavy atom. The minimum Gasteiger partial charge on any atom is -0.395 e. The highest BCUT2D eigenvalue weighted by molar-refractivity contribution is 7.80. The van der Waals surface area contributed by atoms with Crippen molar-refractivity contribution in [3.63, 3.8) is 0 Å². The molecule has 0 aliphatic heterocycles. The number of amides is 1. The van der Waals surface area contributed by atoms with E-state index in [1.165, 1.54) is 0 Å². The third kappa shape index (κ3) is 5.83. The van der Waals surface area contributed by atoms with E-state index < -0.39 is 0 Å². The average Bonchev–Trinajstić information content (AvgIpc) is 2.10. The zero-order chi connectivity index (χ0) is 9.40. The Labute approximate surface area is 75.5 Å². The summed E-state index contributed by atoms with van der Waals surface area (Å²) in [5, 5.41) is 13.5. The van der Waals surface area contributed by atoms with Gasteiger partial charge in [-0.25, -0.2) is 5.84 Å². The molecule has 6 nitrogen and oxygen atoms in total. The van der Waals surface area contributed by atoms with E-state index >= 15 is 0 Å². The van der Waals surface area contributed by atoms with E-state index in [1.807, 2.05) is 0 Å². The summed E-state index contributed by atoms with van der Waals surface area (Å²) in [6, 6.07) is 0. The van der Waals surface area contributed by atoms with Crippen molar-refractivity contribution in [1.82, 2.24) is 16.1 Å². The fourth-order valence-corrected chi connectivity index (χ4v) is 0.542. The summed E-state index contributed by atoms with van der Waals surface area (Å²) in [5.74, 6) is 4.68. The molecule has 0 radical (unpaired) electrons. The second kappa shape index (κ2) is 6.77. The van der Waals surface area contributed by atoms with E-state index in [0.717, 1.165) is 0 Å². The summed E-state index contributed by atoms with van der Waals surface area (Å²) in [4.78, 5) is 10.8. The van der Waals surface area contributed by atoms with Crippen LogP contribution in [0.2, 0.25) is 0 Å². The molecule has 70 valence electrons. The normalized spacial score (nSPS) is 8.83. The lowest BCUT2D eigenvalue weighted by Crippen LogP contribution is -2.44. The van der Waals surface area contributed by atoms with Gasteiger partial charge < -0.3 is 21.2 Å². The van der Waals surface area contributed by atoms with Crippen molar-refractivity contribution in [3.8, 4) is 0 Å². The third-order valence-corrected chi connectivity index (χ3v) is 1.24. The number of hydrazine groups is 1. The molecule has 6 N–H and O–H groups in total. The number of hydrogen-bond donors (Lipinski definition) is 5. The molecule has 0 aliphatic carbocycles. The number of hydrogen-bond acceptors (Lipinski definition) is 4. The molecular formula is C5H12N4O2S. The van der Waals surface area contributed by atoms with Gasteiger partial charge in [0, 0.05) is 6.54 Å². The Kier molecular flexibility index (Phi) is 6.25. The molecule has 0 spiro atoms. The van der Waals surface area contributed by atoms with E-state index in [1.54, 1.807) is 0 Å². The van der Waals surface area contributed by atoms with Crippen LogP contribution in [0.1, 0.15) is 0 Å². The van der Waals surface area contributed by atoms with Gasteiger partial charge in [0.2, 0.25) is 5.91 Å². The van der Waals surface area contributed by atoms with Crippen LogP contribution in [0.3, 0.4) is 0 Å². The summed E-state index contributed by atoms with van der Waals surface area (Å²) < 4.78 is 0. The summed E-state index contributed by atoms with van der Waals surface area (Å²) in [5.41, 5.74) is 2.17. The molecule has 12 heavy (non-hydrogen) atoms. The van der Waals surface area contributed by atoms with Crippen molar-refractivity contribution in [2.45, 2.75) is 0 Å². The summed E-state index contributed by atoms with van der Waals surface area (Å²) in [6.45, 7) is 0.206. The van der Waals surface area contributed by atoms with Gasteiger partial charge in [-0.15, -0.1) is 0 Å². The lowest BCUT2D eigenvalue weighted by molar-refractivity contribution is -0.120. The van der Waals surface area contributed by atoms with Crippen molar-refractivity contribution in [2.24, 2.45) is 5.84 Å². The zero-order valence-electron chi connectivity index (χ0n) is 6.46. The Bertz CT molecular complexity index is 164. The number of rotatable bonds is 4. The van der Waals surface area contributed by atoms with Crippen molar-refractivity contribution in [2.75, 3.05) is 19.7 Å². The SMILES string of the molecule is NNC(=S)NCC(=O)NCCO. The molecule has 0 aromatic rings. The molecular weight excluding hydrogens is 180 g/mol. The first-order valence-corrected chi connectivity index (χ1v) is 3.73. The number of aliphatic hydroxyl groups excluding tert-OH is 1. The number of nitrogens with one attached hydrogen (secondary N) is 3. The van der Waals surface area contributed by atoms with Crippen LogP contribution < -0.4 is 21.9 Å². The van der Waals surface area contributed by atoms with Gasteiger partial charge in [0.25, 0.3) is 0 Å². The molecule has 0 rings (SSSR count). The van der Waals surface area contributed by atoms with Crippen LogP contribution in [0.5, 0.6) is 0 Å². The van der Waals surface area contributed by atoms with Gasteiger partial charge in [0.05, 0.1) is 13.2 Å². The van der Waals surface area contributed by atoms with Crippen molar-refractivity contribution >= 4 is 23.2 Å². The highest BCUT2D eigenvalue weighted by Gasteiger charge is 1.99. The van der Waals surface area contributed by atoms with Crippen LogP contribution in [0.4, 0.5) is 0 Å². The van der Waals surface area contributed by atoms with Crippen LogP contribution in [0.25, 0.3) is 0 Å². The van der Waals surface area contributed by atoms with Gasteiger partial charge in [0.15, 0.2) is 5.11 Å². The van der Waals surface area contributed by atoms with Gasteiger partial charge in [-0.2, -0.15) is 0 Å². The Morgan fingerprint density at radius 2 is 2.17 bits per heavy atom. The summed E-state index contributed by atoms with van der Waals surface area (Å²) in [7, 11) is 0. The first kappa shape index (κ1) is 11.1. The van der Waals surface area contributed by atoms with Crippen molar-refractivity contribution in [1.29, 1.82) is 0 Å². The number of nitrogens with two attached hydrogens (primary N) is 1. The van der Waals surface area contributed by atoms with Gasteiger partial charge in [-0.05, 0) is 12.2 Å². The predicted octanol–water partition coefficient (Wildman–Crippen LogP) is -2.57. The number of carbonyl (C=O) groups excluding carboxylic acids is 1. The molecule has 7 heteroatoms. The van der Waals surface area contributed by atoms with E-state index in [2.05, 4.69) is 28.3 Å². The number of carbonyl (C=O) groups is 1. The Hall–Kier alpha value is -0.920. The number of aliphatic hydroxyl groups is 1. The second-order valence-corrected chi connectivity index (χ2v) is 2.31. The molecule has 0 saturated heterocycles. The summed E-state index contributed by atoms with van der Waals surface area (Å²) >= 11 is 4.61. The molecule has 0 bridgehead atoms. The molecule has 0 aromatic carbocycles. The van der Waals surface area contributed by atoms with Gasteiger partial charge >= 0.3 is 0 Å². The lowest BCUT2D eigenvalue weighted by Gasteiger charge is -2.06. The van der Waals surface area contributed by atoms with Crippen molar-refractivity contribution < 1.29 is 9.90 Å². The first-order chi connectivity index (χ1) is 5.70. The second-order valence-electron chi connectivity index (χ2n) is 1.90. The Balaban J connectivity index is 3.37. The molecule has 0 unspecified atom stereocenters. The highest BCUT2D eigenvalue weighted by atomic mass is 32.1. The fourth-order valence-electron chi connectivity index (χ4n) is 0.469. The van der Waals surface area contributed by atoms with E-state index in [0.29, 0.717) is 0 Å². The maximum Gasteiger partial charge on any atom is 0.239 e. The van der Waals surface area contributed by atoms with Crippen LogP contribution >= 0.6 is 12.2 Å². The smallest absolute Gasteiger partial charge is 0.239 e. The molecule has 0 aromatic heterocycles. The fraction of sp³-hybridized carbons (Fsp3) is 0.600. The minimum absolute atomic E-state index is 0.0447. The molecule has 0 saturated carbocycles. The molecule has 0 aliphatic rings.